The molecule has 1 aliphatic heterocycles. The van der Waals surface area contributed by atoms with Gasteiger partial charge in [-0.1, -0.05) is 70.5 Å². The molecular formula is C24H20BrNO3. The van der Waals surface area contributed by atoms with Crippen molar-refractivity contribution in [2.75, 3.05) is 7.11 Å². The summed E-state index contributed by atoms with van der Waals surface area (Å²) in [4.78, 5) is 14.8. The molecule has 0 bridgehead atoms. The fourth-order valence-corrected chi connectivity index (χ4v) is 3.95. The van der Waals surface area contributed by atoms with Gasteiger partial charge in [0.2, 0.25) is 0 Å². The van der Waals surface area contributed by atoms with Crippen LogP contribution in [0.15, 0.2) is 89.1 Å². The number of rotatable bonds is 5. The van der Waals surface area contributed by atoms with Crippen molar-refractivity contribution in [1.82, 2.24) is 4.90 Å². The van der Waals surface area contributed by atoms with Crippen molar-refractivity contribution in [2.24, 2.45) is 0 Å². The number of carbonyl (C=O) groups is 1. The number of hydrogen-bond acceptors (Lipinski definition) is 3. The number of ether oxygens (including phenoxy) is 1. The maximum atomic E-state index is 13.1. The van der Waals surface area contributed by atoms with Crippen LogP contribution in [0.1, 0.15) is 22.7 Å². The molecule has 4 rings (SSSR count). The molecule has 3 aromatic rings. The molecule has 1 amide bonds. The number of carbonyl (C=O) groups excluding carboxylic acids is 1. The molecule has 0 spiro atoms. The summed E-state index contributed by atoms with van der Waals surface area (Å²) in [5.74, 6) is 0.154. The zero-order valence-corrected chi connectivity index (χ0v) is 17.5. The van der Waals surface area contributed by atoms with Crippen LogP contribution in [0.5, 0.6) is 5.75 Å². The molecule has 1 atom stereocenters. The number of benzene rings is 3. The molecule has 0 aromatic heterocycles. The van der Waals surface area contributed by atoms with E-state index in [9.17, 15) is 9.90 Å². The van der Waals surface area contributed by atoms with Gasteiger partial charge in [0.05, 0.1) is 13.2 Å². The van der Waals surface area contributed by atoms with Gasteiger partial charge in [0.1, 0.15) is 5.75 Å². The van der Waals surface area contributed by atoms with Crippen molar-refractivity contribution in [2.45, 2.75) is 12.6 Å². The SMILES string of the molecule is COc1cccc(CN2C(=O)C(O)=C(c3ccccc3)[C@@H]2c2ccc(Br)cc2)c1. The molecule has 1 heterocycles. The van der Waals surface area contributed by atoms with E-state index in [1.165, 1.54) is 0 Å². The van der Waals surface area contributed by atoms with Gasteiger partial charge in [0, 0.05) is 16.6 Å². The predicted molar refractivity (Wildman–Crippen MR) is 116 cm³/mol. The standard InChI is InChI=1S/C24H20BrNO3/c1-29-20-9-5-6-16(14-20)15-26-22(18-10-12-19(25)13-11-18)21(23(27)24(26)28)17-7-3-2-4-8-17/h2-14,22,27H,15H2,1H3/t22-/m0/s1. The Labute approximate surface area is 178 Å². The van der Waals surface area contributed by atoms with Crippen molar-refractivity contribution in [3.05, 3.63) is 106 Å². The van der Waals surface area contributed by atoms with Gasteiger partial charge in [0.25, 0.3) is 5.91 Å². The van der Waals surface area contributed by atoms with Crippen LogP contribution < -0.4 is 4.74 Å². The van der Waals surface area contributed by atoms with Crippen LogP contribution in [0.4, 0.5) is 0 Å². The summed E-state index contributed by atoms with van der Waals surface area (Å²) in [5.41, 5.74) is 3.33. The Balaban J connectivity index is 1.79. The van der Waals surface area contributed by atoms with Gasteiger partial charge >= 0.3 is 0 Å². The lowest BCUT2D eigenvalue weighted by atomic mass is 9.93. The Morgan fingerprint density at radius 1 is 1.00 bits per heavy atom. The first kappa shape index (κ1) is 19.3. The molecule has 0 radical (unpaired) electrons. The number of hydrogen-bond donors (Lipinski definition) is 1. The van der Waals surface area contributed by atoms with Crippen molar-refractivity contribution < 1.29 is 14.6 Å². The van der Waals surface area contributed by atoms with E-state index in [0.29, 0.717) is 12.1 Å². The summed E-state index contributed by atoms with van der Waals surface area (Å²) in [6, 6.07) is 24.6. The van der Waals surface area contributed by atoms with Crippen LogP contribution in [0, 0.1) is 0 Å². The molecule has 3 aromatic carbocycles. The number of aliphatic hydroxyl groups is 1. The maximum absolute atomic E-state index is 13.1. The van der Waals surface area contributed by atoms with Crippen LogP contribution in [0.2, 0.25) is 0 Å². The molecule has 0 aliphatic carbocycles. The minimum atomic E-state index is -0.385. The monoisotopic (exact) mass is 449 g/mol. The average Bonchev–Trinajstić information content (AvgIpc) is 3.00. The minimum Gasteiger partial charge on any atom is -0.503 e. The summed E-state index contributed by atoms with van der Waals surface area (Å²) in [5, 5.41) is 10.8. The Hall–Kier alpha value is -3.05. The Morgan fingerprint density at radius 3 is 2.41 bits per heavy atom. The van der Waals surface area contributed by atoms with E-state index >= 15 is 0 Å². The Morgan fingerprint density at radius 2 is 1.72 bits per heavy atom. The highest BCUT2D eigenvalue weighted by Crippen LogP contribution is 2.43. The van der Waals surface area contributed by atoms with Crippen LogP contribution in [0.3, 0.4) is 0 Å². The predicted octanol–water partition coefficient (Wildman–Crippen LogP) is 5.51. The highest BCUT2D eigenvalue weighted by Gasteiger charge is 2.40. The van der Waals surface area contributed by atoms with Gasteiger partial charge in [-0.2, -0.15) is 0 Å². The number of amides is 1. The van der Waals surface area contributed by atoms with Gasteiger partial charge < -0.3 is 14.7 Å². The smallest absolute Gasteiger partial charge is 0.290 e. The molecule has 0 fully saturated rings. The summed E-state index contributed by atoms with van der Waals surface area (Å²) in [7, 11) is 1.62. The lowest BCUT2D eigenvalue weighted by Crippen LogP contribution is -2.29. The molecule has 0 saturated carbocycles. The molecule has 0 unspecified atom stereocenters. The first-order valence-corrected chi connectivity index (χ1v) is 10.1. The lowest BCUT2D eigenvalue weighted by molar-refractivity contribution is -0.130. The summed E-state index contributed by atoms with van der Waals surface area (Å²) < 4.78 is 6.27. The van der Waals surface area contributed by atoms with Crippen LogP contribution in [0.25, 0.3) is 5.57 Å². The lowest BCUT2D eigenvalue weighted by Gasteiger charge is -2.27. The zero-order valence-electron chi connectivity index (χ0n) is 15.9. The molecule has 1 N–H and O–H groups in total. The summed E-state index contributed by atoms with van der Waals surface area (Å²) in [6.45, 7) is 0.358. The van der Waals surface area contributed by atoms with E-state index in [2.05, 4.69) is 15.9 Å². The van der Waals surface area contributed by atoms with Crippen LogP contribution in [-0.4, -0.2) is 23.0 Å². The third-order valence-electron chi connectivity index (χ3n) is 5.06. The Bertz CT molecular complexity index is 1060. The number of methoxy groups -OCH3 is 1. The maximum Gasteiger partial charge on any atom is 0.290 e. The van der Waals surface area contributed by atoms with Gasteiger partial charge in [-0.15, -0.1) is 0 Å². The molecule has 0 saturated heterocycles. The quantitative estimate of drug-likeness (QED) is 0.558. The number of nitrogens with zero attached hydrogens (tertiary/aromatic N) is 1. The minimum absolute atomic E-state index is 0.202. The van der Waals surface area contributed by atoms with Gasteiger partial charge in [-0.3, -0.25) is 4.79 Å². The average molecular weight is 450 g/mol. The van der Waals surface area contributed by atoms with E-state index in [-0.39, 0.29) is 17.7 Å². The van der Waals surface area contributed by atoms with Crippen molar-refractivity contribution >= 4 is 27.4 Å². The second kappa shape index (κ2) is 8.13. The second-order valence-corrected chi connectivity index (χ2v) is 7.78. The molecule has 5 heteroatoms. The molecule has 4 nitrogen and oxygen atoms in total. The number of aliphatic hydroxyl groups excluding tert-OH is 1. The first-order chi connectivity index (χ1) is 14.1. The van der Waals surface area contributed by atoms with Gasteiger partial charge in [0.15, 0.2) is 5.76 Å². The highest BCUT2D eigenvalue weighted by molar-refractivity contribution is 9.10. The summed E-state index contributed by atoms with van der Waals surface area (Å²) in [6.07, 6.45) is 0. The topological polar surface area (TPSA) is 49.8 Å². The second-order valence-electron chi connectivity index (χ2n) is 6.87. The van der Waals surface area contributed by atoms with Crippen molar-refractivity contribution in [3.8, 4) is 5.75 Å². The fourth-order valence-electron chi connectivity index (χ4n) is 3.69. The first-order valence-electron chi connectivity index (χ1n) is 9.26. The van der Waals surface area contributed by atoms with E-state index in [0.717, 1.165) is 26.9 Å². The van der Waals surface area contributed by atoms with E-state index in [1.807, 2.05) is 78.9 Å². The van der Waals surface area contributed by atoms with Crippen LogP contribution >= 0.6 is 15.9 Å². The van der Waals surface area contributed by atoms with Crippen molar-refractivity contribution in [3.63, 3.8) is 0 Å². The van der Waals surface area contributed by atoms with E-state index < -0.39 is 0 Å². The van der Waals surface area contributed by atoms with Crippen molar-refractivity contribution in [1.29, 1.82) is 0 Å². The molecule has 1 aliphatic rings. The Kier molecular flexibility index (Phi) is 5.41. The summed E-state index contributed by atoms with van der Waals surface area (Å²) >= 11 is 3.47. The van der Waals surface area contributed by atoms with Gasteiger partial charge in [-0.05, 0) is 41.0 Å². The third-order valence-corrected chi connectivity index (χ3v) is 5.59. The highest BCUT2D eigenvalue weighted by atomic mass is 79.9. The molecular weight excluding hydrogens is 430 g/mol. The third kappa shape index (κ3) is 3.78. The van der Waals surface area contributed by atoms with Crippen LogP contribution in [-0.2, 0) is 11.3 Å². The zero-order chi connectivity index (χ0) is 20.4. The molecule has 29 heavy (non-hydrogen) atoms. The normalized spacial score (nSPS) is 16.4. The number of halogens is 1. The largest absolute Gasteiger partial charge is 0.503 e. The fraction of sp³-hybridized carbons (Fsp3) is 0.125. The van der Waals surface area contributed by atoms with E-state index in [1.54, 1.807) is 12.0 Å². The van der Waals surface area contributed by atoms with Gasteiger partial charge in [-0.25, -0.2) is 0 Å². The molecule has 146 valence electrons. The van der Waals surface area contributed by atoms with E-state index in [4.69, 9.17) is 4.74 Å².